The van der Waals surface area contributed by atoms with Gasteiger partial charge in [-0.1, -0.05) is 31.2 Å². The summed E-state index contributed by atoms with van der Waals surface area (Å²) in [7, 11) is 1.77. The van der Waals surface area contributed by atoms with Crippen molar-refractivity contribution in [3.63, 3.8) is 0 Å². The van der Waals surface area contributed by atoms with E-state index in [4.69, 9.17) is 4.74 Å². The smallest absolute Gasteiger partial charge is 0.260 e. The highest BCUT2D eigenvalue weighted by Crippen LogP contribution is 2.14. The lowest BCUT2D eigenvalue weighted by Gasteiger charge is -2.18. The van der Waals surface area contributed by atoms with Gasteiger partial charge in [0, 0.05) is 25.6 Å². The van der Waals surface area contributed by atoms with Crippen molar-refractivity contribution < 1.29 is 14.3 Å². The van der Waals surface area contributed by atoms with Crippen LogP contribution in [0, 0.1) is 6.92 Å². The molecule has 0 saturated heterocycles. The Kier molecular flexibility index (Phi) is 6.13. The zero-order chi connectivity index (χ0) is 17.5. The summed E-state index contributed by atoms with van der Waals surface area (Å²) in [4.78, 5) is 25.4. The topological polar surface area (TPSA) is 46.6 Å². The van der Waals surface area contributed by atoms with E-state index in [1.165, 1.54) is 0 Å². The maximum atomic E-state index is 12.2. The third-order valence-electron chi connectivity index (χ3n) is 3.95. The number of nitrogens with zero attached hydrogens (tertiary/aromatic N) is 1. The number of benzene rings is 2. The first-order valence-corrected chi connectivity index (χ1v) is 8.05. The number of Topliss-reactive ketones (excluding diaryl/α,β-unsaturated/α-hetero) is 1. The fourth-order valence-electron chi connectivity index (χ4n) is 2.33. The molecule has 0 spiro atoms. The Morgan fingerprint density at radius 1 is 1.04 bits per heavy atom. The number of rotatable bonds is 7. The average molecular weight is 325 g/mol. The lowest BCUT2D eigenvalue weighted by atomic mass is 10.1. The minimum atomic E-state index is -0.0908. The Morgan fingerprint density at radius 3 is 2.33 bits per heavy atom. The normalized spacial score (nSPS) is 10.3. The third-order valence-corrected chi connectivity index (χ3v) is 3.95. The van der Waals surface area contributed by atoms with Gasteiger partial charge >= 0.3 is 0 Å². The Labute approximate surface area is 143 Å². The number of likely N-dealkylation sites (N-methyl/N-ethyl adjacent to an activating group) is 1. The molecule has 1 amide bonds. The summed E-state index contributed by atoms with van der Waals surface area (Å²) in [6, 6.07) is 14.9. The molecule has 0 saturated carbocycles. The highest BCUT2D eigenvalue weighted by atomic mass is 16.5. The van der Waals surface area contributed by atoms with Gasteiger partial charge in [-0.25, -0.2) is 0 Å². The molecule has 24 heavy (non-hydrogen) atoms. The quantitative estimate of drug-likeness (QED) is 0.730. The minimum Gasteiger partial charge on any atom is -0.484 e. The molecule has 0 aliphatic heterocycles. The molecule has 0 aliphatic carbocycles. The molecule has 0 bridgehead atoms. The summed E-state index contributed by atoms with van der Waals surface area (Å²) < 4.78 is 5.52. The van der Waals surface area contributed by atoms with Crippen molar-refractivity contribution in [2.75, 3.05) is 13.7 Å². The monoisotopic (exact) mass is 325 g/mol. The van der Waals surface area contributed by atoms with Crippen molar-refractivity contribution in [3.05, 3.63) is 65.2 Å². The van der Waals surface area contributed by atoms with Crippen LogP contribution in [0.25, 0.3) is 0 Å². The number of hydrogen-bond donors (Lipinski definition) is 0. The van der Waals surface area contributed by atoms with Crippen LogP contribution < -0.4 is 4.74 Å². The Hall–Kier alpha value is -2.62. The molecule has 0 N–H and O–H groups in total. The molecule has 2 aromatic rings. The van der Waals surface area contributed by atoms with Crippen LogP contribution in [0.5, 0.6) is 5.75 Å². The van der Waals surface area contributed by atoms with Crippen LogP contribution in [-0.4, -0.2) is 30.2 Å². The van der Waals surface area contributed by atoms with Gasteiger partial charge in [0.15, 0.2) is 12.4 Å². The number of carbonyl (C=O) groups excluding carboxylic acids is 2. The zero-order valence-electron chi connectivity index (χ0n) is 14.4. The van der Waals surface area contributed by atoms with E-state index in [1.54, 1.807) is 36.2 Å². The Bertz CT molecular complexity index is 707. The van der Waals surface area contributed by atoms with E-state index in [1.807, 2.05) is 38.1 Å². The fraction of sp³-hybridized carbons (Fsp3) is 0.300. The highest BCUT2D eigenvalue weighted by Gasteiger charge is 2.11. The molecule has 0 atom stereocenters. The van der Waals surface area contributed by atoms with Gasteiger partial charge in [-0.3, -0.25) is 9.59 Å². The average Bonchev–Trinajstić information content (AvgIpc) is 2.61. The van der Waals surface area contributed by atoms with Gasteiger partial charge in [0.1, 0.15) is 5.75 Å². The molecule has 2 aromatic carbocycles. The highest BCUT2D eigenvalue weighted by molar-refractivity contribution is 5.95. The van der Waals surface area contributed by atoms with Crippen LogP contribution in [0.4, 0.5) is 0 Å². The maximum absolute atomic E-state index is 12.2. The molecular weight excluding hydrogens is 302 g/mol. The van der Waals surface area contributed by atoms with Crippen molar-refractivity contribution in [3.8, 4) is 5.75 Å². The van der Waals surface area contributed by atoms with E-state index in [-0.39, 0.29) is 18.3 Å². The summed E-state index contributed by atoms with van der Waals surface area (Å²) in [6.07, 6.45) is 0.475. The SMILES string of the molecule is CCC(=O)c1ccc(OCC(=O)N(C)Cc2ccccc2C)cc1. The summed E-state index contributed by atoms with van der Waals surface area (Å²) in [5, 5.41) is 0. The van der Waals surface area contributed by atoms with Crippen molar-refractivity contribution in [1.29, 1.82) is 0 Å². The summed E-state index contributed by atoms with van der Waals surface area (Å²) in [5.41, 5.74) is 2.94. The van der Waals surface area contributed by atoms with Crippen molar-refractivity contribution >= 4 is 11.7 Å². The summed E-state index contributed by atoms with van der Waals surface area (Å²) in [6.45, 7) is 4.39. The first-order chi connectivity index (χ1) is 11.5. The predicted molar refractivity (Wildman–Crippen MR) is 94.2 cm³/mol. The number of hydrogen-bond acceptors (Lipinski definition) is 3. The second-order valence-electron chi connectivity index (χ2n) is 5.77. The van der Waals surface area contributed by atoms with Crippen LogP contribution in [0.15, 0.2) is 48.5 Å². The van der Waals surface area contributed by atoms with Gasteiger partial charge in [0.25, 0.3) is 5.91 Å². The van der Waals surface area contributed by atoms with Crippen LogP contribution in [0.2, 0.25) is 0 Å². The zero-order valence-corrected chi connectivity index (χ0v) is 14.4. The standard InChI is InChI=1S/C20H23NO3/c1-4-19(22)16-9-11-18(12-10-16)24-14-20(23)21(3)13-17-8-6-5-7-15(17)2/h5-12H,4,13-14H2,1-3H3. The van der Waals surface area contributed by atoms with Crippen LogP contribution in [0.1, 0.15) is 34.8 Å². The van der Waals surface area contributed by atoms with E-state index < -0.39 is 0 Å². The van der Waals surface area contributed by atoms with Crippen molar-refractivity contribution in [1.82, 2.24) is 4.90 Å². The molecule has 0 unspecified atom stereocenters. The molecule has 0 radical (unpaired) electrons. The van der Waals surface area contributed by atoms with E-state index in [0.29, 0.717) is 24.3 Å². The van der Waals surface area contributed by atoms with E-state index in [9.17, 15) is 9.59 Å². The van der Waals surface area contributed by atoms with Gasteiger partial charge < -0.3 is 9.64 Å². The second kappa shape index (κ2) is 8.29. The molecule has 4 heteroatoms. The van der Waals surface area contributed by atoms with Gasteiger partial charge in [-0.05, 0) is 42.3 Å². The number of aryl methyl sites for hydroxylation is 1. The number of ether oxygens (including phenoxy) is 1. The van der Waals surface area contributed by atoms with Gasteiger partial charge in [0.05, 0.1) is 0 Å². The van der Waals surface area contributed by atoms with Gasteiger partial charge in [-0.2, -0.15) is 0 Å². The molecule has 0 heterocycles. The van der Waals surface area contributed by atoms with E-state index in [2.05, 4.69) is 0 Å². The Balaban J connectivity index is 1.88. The summed E-state index contributed by atoms with van der Waals surface area (Å²) in [5.74, 6) is 0.586. The summed E-state index contributed by atoms with van der Waals surface area (Å²) >= 11 is 0. The number of amides is 1. The number of carbonyl (C=O) groups is 2. The van der Waals surface area contributed by atoms with Crippen LogP contribution in [0.3, 0.4) is 0 Å². The first kappa shape index (κ1) is 17.7. The van der Waals surface area contributed by atoms with Crippen molar-refractivity contribution in [2.24, 2.45) is 0 Å². The maximum Gasteiger partial charge on any atom is 0.260 e. The molecule has 0 aromatic heterocycles. The minimum absolute atomic E-state index is 0.0244. The molecule has 2 rings (SSSR count). The first-order valence-electron chi connectivity index (χ1n) is 8.05. The molecule has 126 valence electrons. The predicted octanol–water partition coefficient (Wildman–Crippen LogP) is 3.63. The van der Waals surface area contributed by atoms with Crippen LogP contribution in [-0.2, 0) is 11.3 Å². The fourth-order valence-corrected chi connectivity index (χ4v) is 2.33. The Morgan fingerprint density at radius 2 is 1.71 bits per heavy atom. The lowest BCUT2D eigenvalue weighted by molar-refractivity contribution is -0.132. The van der Waals surface area contributed by atoms with Gasteiger partial charge in [-0.15, -0.1) is 0 Å². The third kappa shape index (κ3) is 4.69. The van der Waals surface area contributed by atoms with Crippen LogP contribution >= 0.6 is 0 Å². The molecule has 0 fully saturated rings. The van der Waals surface area contributed by atoms with Crippen molar-refractivity contribution in [2.45, 2.75) is 26.8 Å². The molecule has 0 aliphatic rings. The second-order valence-corrected chi connectivity index (χ2v) is 5.77. The van der Waals surface area contributed by atoms with E-state index in [0.717, 1.165) is 11.1 Å². The van der Waals surface area contributed by atoms with E-state index >= 15 is 0 Å². The molecular formula is C20H23NO3. The number of ketones is 1. The molecule has 4 nitrogen and oxygen atoms in total. The van der Waals surface area contributed by atoms with Gasteiger partial charge in [0.2, 0.25) is 0 Å². The largest absolute Gasteiger partial charge is 0.484 e. The lowest BCUT2D eigenvalue weighted by Crippen LogP contribution is -2.31.